The molecule has 0 atom stereocenters. The average Bonchev–Trinajstić information content (AvgIpc) is 2.46. The Balaban J connectivity index is 2.07. The largest absolute Gasteiger partial charge is 0.486 e. The molecule has 0 bridgehead atoms. The van der Waals surface area contributed by atoms with Crippen molar-refractivity contribution in [1.29, 1.82) is 0 Å². The van der Waals surface area contributed by atoms with Gasteiger partial charge in [0, 0.05) is 12.6 Å². The van der Waals surface area contributed by atoms with Gasteiger partial charge in [-0.2, -0.15) is 0 Å². The molecule has 0 saturated carbocycles. The summed E-state index contributed by atoms with van der Waals surface area (Å²) in [6, 6.07) is 4.37. The third kappa shape index (κ3) is 3.40. The van der Waals surface area contributed by atoms with E-state index in [1.165, 1.54) is 19.2 Å². The quantitative estimate of drug-likeness (QED) is 0.787. The summed E-state index contributed by atoms with van der Waals surface area (Å²) >= 11 is 0. The van der Waals surface area contributed by atoms with Crippen molar-refractivity contribution in [2.45, 2.75) is 11.3 Å². The zero-order chi connectivity index (χ0) is 14.6. The lowest BCUT2D eigenvalue weighted by molar-refractivity contribution is -0.140. The number of benzene rings is 1. The van der Waals surface area contributed by atoms with Crippen LogP contribution in [0.3, 0.4) is 0 Å². The highest BCUT2D eigenvalue weighted by molar-refractivity contribution is 7.89. The topological polar surface area (TPSA) is 90.9 Å². The number of methoxy groups -OCH3 is 1. The van der Waals surface area contributed by atoms with Crippen molar-refractivity contribution in [1.82, 2.24) is 4.72 Å². The molecule has 1 aliphatic heterocycles. The van der Waals surface area contributed by atoms with Crippen molar-refractivity contribution >= 4 is 16.0 Å². The molecule has 1 aromatic carbocycles. The maximum Gasteiger partial charge on any atom is 0.306 e. The van der Waals surface area contributed by atoms with Gasteiger partial charge < -0.3 is 14.2 Å². The minimum absolute atomic E-state index is 0.0244. The molecule has 0 fully saturated rings. The highest BCUT2D eigenvalue weighted by atomic mass is 32.2. The van der Waals surface area contributed by atoms with Crippen molar-refractivity contribution in [2.24, 2.45) is 0 Å². The molecule has 0 spiro atoms. The fourth-order valence-corrected chi connectivity index (χ4v) is 2.71. The van der Waals surface area contributed by atoms with Gasteiger partial charge in [-0.15, -0.1) is 0 Å². The summed E-state index contributed by atoms with van der Waals surface area (Å²) in [4.78, 5) is 11.0. The summed E-state index contributed by atoms with van der Waals surface area (Å²) in [7, 11) is -2.44. The van der Waals surface area contributed by atoms with Gasteiger partial charge in [0.15, 0.2) is 11.5 Å². The number of carbonyl (C=O) groups excluding carboxylic acids is 1. The minimum atomic E-state index is -3.69. The van der Waals surface area contributed by atoms with Gasteiger partial charge in [0.2, 0.25) is 10.0 Å². The van der Waals surface area contributed by atoms with E-state index in [0.717, 1.165) is 0 Å². The summed E-state index contributed by atoms with van der Waals surface area (Å²) in [6.07, 6.45) is -0.0275. The lowest BCUT2D eigenvalue weighted by atomic mass is 10.3. The maximum atomic E-state index is 12.0. The van der Waals surface area contributed by atoms with Crippen LogP contribution in [0.2, 0.25) is 0 Å². The predicted octanol–water partition coefficient (Wildman–Crippen LogP) is 0.299. The Kier molecular flexibility index (Phi) is 4.46. The summed E-state index contributed by atoms with van der Waals surface area (Å²) in [6.45, 7) is 0.798. The van der Waals surface area contributed by atoms with Gasteiger partial charge in [0.05, 0.1) is 18.4 Å². The van der Waals surface area contributed by atoms with E-state index in [1.807, 2.05) is 0 Å². The van der Waals surface area contributed by atoms with Crippen molar-refractivity contribution in [3.63, 3.8) is 0 Å². The molecule has 7 nitrogen and oxygen atoms in total. The van der Waals surface area contributed by atoms with E-state index >= 15 is 0 Å². The van der Waals surface area contributed by atoms with E-state index in [0.29, 0.717) is 24.7 Å². The molecule has 0 amide bonds. The van der Waals surface area contributed by atoms with Crippen LogP contribution in [0.5, 0.6) is 11.5 Å². The standard InChI is InChI=1S/C12H15NO6S/c1-17-12(14)4-5-13-20(15,16)9-2-3-10-11(8-9)19-7-6-18-10/h2-3,8,13H,4-7H2,1H3. The summed E-state index contributed by atoms with van der Waals surface area (Å²) < 4.78 is 41.5. The lowest BCUT2D eigenvalue weighted by Crippen LogP contribution is -2.27. The first-order valence-corrected chi connectivity index (χ1v) is 7.47. The van der Waals surface area contributed by atoms with Crippen molar-refractivity contribution < 1.29 is 27.4 Å². The monoisotopic (exact) mass is 301 g/mol. The van der Waals surface area contributed by atoms with Gasteiger partial charge >= 0.3 is 5.97 Å². The second kappa shape index (κ2) is 6.10. The number of fused-ring (bicyclic) bond motifs is 1. The molecule has 8 heteroatoms. The molecule has 110 valence electrons. The smallest absolute Gasteiger partial charge is 0.306 e. The van der Waals surface area contributed by atoms with Crippen molar-refractivity contribution in [2.75, 3.05) is 26.9 Å². The van der Waals surface area contributed by atoms with Gasteiger partial charge in [-0.1, -0.05) is 0 Å². The van der Waals surface area contributed by atoms with E-state index in [-0.39, 0.29) is 17.9 Å². The maximum absolute atomic E-state index is 12.0. The molecular weight excluding hydrogens is 286 g/mol. The average molecular weight is 301 g/mol. The zero-order valence-corrected chi connectivity index (χ0v) is 11.7. The first-order chi connectivity index (χ1) is 9.53. The third-order valence-corrected chi connectivity index (χ3v) is 4.13. The molecule has 0 unspecified atom stereocenters. The van der Waals surface area contributed by atoms with Crippen LogP contribution in [0.4, 0.5) is 0 Å². The summed E-state index contributed by atoms with van der Waals surface area (Å²) in [5, 5.41) is 0. The molecule has 1 heterocycles. The number of sulfonamides is 1. The molecule has 1 N–H and O–H groups in total. The SMILES string of the molecule is COC(=O)CCNS(=O)(=O)c1ccc2c(c1)OCCO2. The number of esters is 1. The Bertz CT molecular complexity index is 598. The molecular formula is C12H15NO6S. The Morgan fingerprint density at radius 1 is 1.30 bits per heavy atom. The fraction of sp³-hybridized carbons (Fsp3) is 0.417. The number of rotatable bonds is 5. The van der Waals surface area contributed by atoms with Crippen LogP contribution in [0.25, 0.3) is 0 Å². The van der Waals surface area contributed by atoms with Gasteiger partial charge in [0.25, 0.3) is 0 Å². The molecule has 0 aliphatic carbocycles. The van der Waals surface area contributed by atoms with Gasteiger partial charge in [-0.05, 0) is 12.1 Å². The van der Waals surface area contributed by atoms with Crippen molar-refractivity contribution in [3.8, 4) is 11.5 Å². The Morgan fingerprint density at radius 2 is 2.00 bits per heavy atom. The second-order valence-corrected chi connectivity index (χ2v) is 5.80. The normalized spacial score (nSPS) is 13.8. The number of nitrogens with one attached hydrogen (secondary N) is 1. The first kappa shape index (κ1) is 14.6. The molecule has 1 aliphatic rings. The highest BCUT2D eigenvalue weighted by Crippen LogP contribution is 2.32. The van der Waals surface area contributed by atoms with E-state index in [1.54, 1.807) is 6.07 Å². The van der Waals surface area contributed by atoms with Crippen LogP contribution in [-0.4, -0.2) is 41.3 Å². The van der Waals surface area contributed by atoms with E-state index in [4.69, 9.17) is 9.47 Å². The molecule has 20 heavy (non-hydrogen) atoms. The van der Waals surface area contributed by atoms with Crippen LogP contribution in [0.15, 0.2) is 23.1 Å². The third-order valence-electron chi connectivity index (χ3n) is 2.67. The lowest BCUT2D eigenvalue weighted by Gasteiger charge is -2.18. The van der Waals surface area contributed by atoms with Gasteiger partial charge in [-0.3, -0.25) is 4.79 Å². The molecule has 0 saturated heterocycles. The molecule has 0 radical (unpaired) electrons. The predicted molar refractivity (Wildman–Crippen MR) is 69.3 cm³/mol. The fourth-order valence-electron chi connectivity index (χ4n) is 1.66. The van der Waals surface area contributed by atoms with E-state index in [9.17, 15) is 13.2 Å². The summed E-state index contributed by atoms with van der Waals surface area (Å²) in [5.41, 5.74) is 0. The van der Waals surface area contributed by atoms with Gasteiger partial charge in [-0.25, -0.2) is 13.1 Å². The van der Waals surface area contributed by atoms with E-state index < -0.39 is 16.0 Å². The number of hydrogen-bond acceptors (Lipinski definition) is 6. The summed E-state index contributed by atoms with van der Waals surface area (Å²) in [5.74, 6) is 0.437. The van der Waals surface area contributed by atoms with Crippen LogP contribution in [-0.2, 0) is 19.6 Å². The Labute approximate surface area is 116 Å². The first-order valence-electron chi connectivity index (χ1n) is 5.99. The minimum Gasteiger partial charge on any atom is -0.486 e. The van der Waals surface area contributed by atoms with Crippen LogP contribution in [0.1, 0.15) is 6.42 Å². The number of carbonyl (C=O) groups is 1. The highest BCUT2D eigenvalue weighted by Gasteiger charge is 2.19. The molecule has 1 aromatic rings. The molecule has 2 rings (SSSR count). The van der Waals surface area contributed by atoms with Gasteiger partial charge in [0.1, 0.15) is 13.2 Å². The molecule has 0 aromatic heterocycles. The zero-order valence-electron chi connectivity index (χ0n) is 10.9. The Morgan fingerprint density at radius 3 is 2.70 bits per heavy atom. The van der Waals surface area contributed by atoms with Crippen LogP contribution < -0.4 is 14.2 Å². The number of hydrogen-bond donors (Lipinski definition) is 1. The van der Waals surface area contributed by atoms with Crippen LogP contribution in [0, 0.1) is 0 Å². The van der Waals surface area contributed by atoms with Crippen LogP contribution >= 0.6 is 0 Å². The van der Waals surface area contributed by atoms with E-state index in [2.05, 4.69) is 9.46 Å². The second-order valence-electron chi connectivity index (χ2n) is 4.03. The van der Waals surface area contributed by atoms with Crippen molar-refractivity contribution in [3.05, 3.63) is 18.2 Å². The number of ether oxygens (including phenoxy) is 3. The Hall–Kier alpha value is -1.80.